The lowest BCUT2D eigenvalue weighted by Crippen LogP contribution is -2.25. The van der Waals surface area contributed by atoms with Crippen LogP contribution in [0.5, 0.6) is 0 Å². The molecule has 0 amide bonds. The lowest BCUT2D eigenvalue weighted by atomic mass is 10.2. The first-order valence-corrected chi connectivity index (χ1v) is 5.61. The average molecular weight is 246 g/mol. The van der Waals surface area contributed by atoms with E-state index in [0.29, 0.717) is 6.54 Å². The Kier molecular flexibility index (Phi) is 4.81. The van der Waals surface area contributed by atoms with Crippen molar-refractivity contribution in [1.29, 1.82) is 0 Å². The lowest BCUT2D eigenvalue weighted by molar-refractivity contribution is -0.137. The molecule has 96 valence electrons. The highest BCUT2D eigenvalue weighted by Gasteiger charge is 2.30. The molecule has 0 aliphatic heterocycles. The molecule has 1 rings (SSSR count). The Morgan fingerprint density at radius 1 is 1.18 bits per heavy atom. The highest BCUT2D eigenvalue weighted by atomic mass is 19.4. The van der Waals surface area contributed by atoms with Crippen LogP contribution in [0, 0.1) is 0 Å². The fourth-order valence-corrected chi connectivity index (χ4v) is 1.61. The van der Waals surface area contributed by atoms with Crippen LogP contribution in [0.4, 0.5) is 18.9 Å². The number of rotatable bonds is 5. The molecule has 0 atom stereocenters. The summed E-state index contributed by atoms with van der Waals surface area (Å²) in [5, 5.41) is 0. The fraction of sp³-hybridized carbons (Fsp3) is 0.500. The molecule has 1 aromatic carbocycles. The summed E-state index contributed by atoms with van der Waals surface area (Å²) in [4.78, 5) is 2.01. The van der Waals surface area contributed by atoms with E-state index >= 15 is 0 Å². The van der Waals surface area contributed by atoms with Crippen molar-refractivity contribution in [3.8, 4) is 0 Å². The minimum atomic E-state index is -4.27. The molecular weight excluding hydrogens is 229 g/mol. The van der Waals surface area contributed by atoms with E-state index in [1.165, 1.54) is 12.1 Å². The van der Waals surface area contributed by atoms with E-state index in [-0.39, 0.29) is 0 Å². The quantitative estimate of drug-likeness (QED) is 0.865. The molecule has 0 radical (unpaired) electrons. The van der Waals surface area contributed by atoms with Gasteiger partial charge in [-0.2, -0.15) is 13.2 Å². The van der Waals surface area contributed by atoms with Gasteiger partial charge in [0.25, 0.3) is 0 Å². The van der Waals surface area contributed by atoms with Crippen LogP contribution in [0.1, 0.15) is 18.9 Å². The largest absolute Gasteiger partial charge is 0.416 e. The van der Waals surface area contributed by atoms with Crippen molar-refractivity contribution < 1.29 is 13.2 Å². The first kappa shape index (κ1) is 13.8. The number of alkyl halides is 3. The van der Waals surface area contributed by atoms with Crippen molar-refractivity contribution in [1.82, 2.24) is 0 Å². The fourth-order valence-electron chi connectivity index (χ4n) is 1.61. The molecule has 2 N–H and O–H groups in total. The van der Waals surface area contributed by atoms with Gasteiger partial charge in [-0.05, 0) is 44.2 Å². The van der Waals surface area contributed by atoms with Crippen LogP contribution in [0.2, 0.25) is 0 Å². The zero-order valence-corrected chi connectivity index (χ0v) is 9.80. The summed E-state index contributed by atoms with van der Waals surface area (Å²) < 4.78 is 37.1. The number of anilines is 1. The van der Waals surface area contributed by atoms with Crippen molar-refractivity contribution in [3.63, 3.8) is 0 Å². The Hall–Kier alpha value is -1.23. The molecule has 0 aliphatic rings. The van der Waals surface area contributed by atoms with Crippen molar-refractivity contribution in [2.75, 3.05) is 24.5 Å². The third kappa shape index (κ3) is 3.93. The van der Waals surface area contributed by atoms with E-state index < -0.39 is 11.7 Å². The highest BCUT2D eigenvalue weighted by molar-refractivity contribution is 5.47. The molecule has 5 heteroatoms. The molecule has 0 spiro atoms. The highest BCUT2D eigenvalue weighted by Crippen LogP contribution is 2.30. The smallest absolute Gasteiger partial charge is 0.372 e. The second kappa shape index (κ2) is 5.91. The molecule has 2 nitrogen and oxygen atoms in total. The molecule has 0 aliphatic carbocycles. The molecule has 0 saturated heterocycles. The van der Waals surface area contributed by atoms with E-state index in [0.717, 1.165) is 37.3 Å². The van der Waals surface area contributed by atoms with E-state index in [1.54, 1.807) is 0 Å². The maximum atomic E-state index is 12.4. The first-order chi connectivity index (χ1) is 7.99. The summed E-state index contributed by atoms with van der Waals surface area (Å²) >= 11 is 0. The van der Waals surface area contributed by atoms with Crippen LogP contribution in [-0.4, -0.2) is 19.6 Å². The Morgan fingerprint density at radius 2 is 1.76 bits per heavy atom. The van der Waals surface area contributed by atoms with Crippen LogP contribution in [-0.2, 0) is 6.18 Å². The molecule has 0 bridgehead atoms. The molecule has 0 saturated carbocycles. The maximum Gasteiger partial charge on any atom is 0.416 e. The normalized spacial score (nSPS) is 11.6. The van der Waals surface area contributed by atoms with Crippen LogP contribution >= 0.6 is 0 Å². The molecule has 0 aromatic heterocycles. The third-order valence-corrected chi connectivity index (χ3v) is 2.57. The molecular formula is C12H17F3N2. The van der Waals surface area contributed by atoms with Gasteiger partial charge in [0, 0.05) is 18.8 Å². The van der Waals surface area contributed by atoms with Gasteiger partial charge in [0.1, 0.15) is 0 Å². The Bertz CT molecular complexity index is 333. The number of hydrogen-bond acceptors (Lipinski definition) is 2. The third-order valence-electron chi connectivity index (χ3n) is 2.57. The SMILES string of the molecule is CCN(CCCN)c1ccc(C(F)(F)F)cc1. The predicted octanol–water partition coefficient (Wildman–Crippen LogP) is 2.88. The maximum absolute atomic E-state index is 12.4. The van der Waals surface area contributed by atoms with Gasteiger partial charge >= 0.3 is 6.18 Å². The minimum Gasteiger partial charge on any atom is -0.372 e. The van der Waals surface area contributed by atoms with Gasteiger partial charge in [-0.15, -0.1) is 0 Å². The van der Waals surface area contributed by atoms with Crippen LogP contribution < -0.4 is 10.6 Å². The summed E-state index contributed by atoms with van der Waals surface area (Å²) in [6.07, 6.45) is -3.44. The predicted molar refractivity (Wildman–Crippen MR) is 63.0 cm³/mol. The van der Waals surface area contributed by atoms with Crippen molar-refractivity contribution in [2.24, 2.45) is 5.73 Å². The molecule has 17 heavy (non-hydrogen) atoms. The second-order valence-corrected chi connectivity index (χ2v) is 3.77. The van der Waals surface area contributed by atoms with E-state index in [1.807, 2.05) is 11.8 Å². The van der Waals surface area contributed by atoms with Crippen LogP contribution in [0.25, 0.3) is 0 Å². The molecule has 0 unspecified atom stereocenters. The summed E-state index contributed by atoms with van der Waals surface area (Å²) in [6, 6.07) is 5.23. The van der Waals surface area contributed by atoms with E-state index in [9.17, 15) is 13.2 Å². The standard InChI is InChI=1S/C12H17F3N2/c1-2-17(9-3-8-16)11-6-4-10(5-7-11)12(13,14)15/h4-7H,2-3,8-9,16H2,1H3. The van der Waals surface area contributed by atoms with Gasteiger partial charge in [0.05, 0.1) is 5.56 Å². The number of benzene rings is 1. The second-order valence-electron chi connectivity index (χ2n) is 3.77. The topological polar surface area (TPSA) is 29.3 Å². The van der Waals surface area contributed by atoms with Gasteiger partial charge in [-0.1, -0.05) is 0 Å². The zero-order valence-electron chi connectivity index (χ0n) is 9.80. The van der Waals surface area contributed by atoms with Crippen molar-refractivity contribution in [2.45, 2.75) is 19.5 Å². The van der Waals surface area contributed by atoms with Gasteiger partial charge in [-0.3, -0.25) is 0 Å². The van der Waals surface area contributed by atoms with E-state index in [2.05, 4.69) is 0 Å². The Balaban J connectivity index is 2.78. The number of halogens is 3. The Morgan fingerprint density at radius 3 is 2.18 bits per heavy atom. The zero-order chi connectivity index (χ0) is 12.9. The van der Waals surface area contributed by atoms with Gasteiger partial charge in [0.15, 0.2) is 0 Å². The van der Waals surface area contributed by atoms with Gasteiger partial charge in [-0.25, -0.2) is 0 Å². The van der Waals surface area contributed by atoms with Crippen molar-refractivity contribution >= 4 is 5.69 Å². The lowest BCUT2D eigenvalue weighted by Gasteiger charge is -2.23. The Labute approximate surface area is 99.2 Å². The number of nitrogens with two attached hydrogens (primary N) is 1. The molecule has 1 aromatic rings. The monoisotopic (exact) mass is 246 g/mol. The minimum absolute atomic E-state index is 0.580. The first-order valence-electron chi connectivity index (χ1n) is 5.61. The number of nitrogens with zero attached hydrogens (tertiary/aromatic N) is 1. The summed E-state index contributed by atoms with van der Waals surface area (Å²) in [5.74, 6) is 0. The summed E-state index contributed by atoms with van der Waals surface area (Å²) in [5.41, 5.74) is 5.60. The summed E-state index contributed by atoms with van der Waals surface area (Å²) in [7, 11) is 0. The van der Waals surface area contributed by atoms with Crippen LogP contribution in [0.3, 0.4) is 0 Å². The van der Waals surface area contributed by atoms with E-state index in [4.69, 9.17) is 5.73 Å². The van der Waals surface area contributed by atoms with Gasteiger partial charge in [0.2, 0.25) is 0 Å². The number of hydrogen-bond donors (Lipinski definition) is 1. The molecule has 0 heterocycles. The van der Waals surface area contributed by atoms with Gasteiger partial charge < -0.3 is 10.6 Å². The average Bonchev–Trinajstić information content (AvgIpc) is 2.29. The summed E-state index contributed by atoms with van der Waals surface area (Å²) in [6.45, 7) is 4.06. The van der Waals surface area contributed by atoms with Crippen LogP contribution in [0.15, 0.2) is 24.3 Å². The van der Waals surface area contributed by atoms with Crippen molar-refractivity contribution in [3.05, 3.63) is 29.8 Å². The molecule has 0 fully saturated rings.